The summed E-state index contributed by atoms with van der Waals surface area (Å²) in [5.74, 6) is 0. The van der Waals surface area contributed by atoms with Gasteiger partial charge in [0.2, 0.25) is 0 Å². The van der Waals surface area contributed by atoms with Crippen molar-refractivity contribution in [3.8, 4) is 33.6 Å². The molecule has 0 unspecified atom stereocenters. The van der Waals surface area contributed by atoms with E-state index < -0.39 is 0 Å². The van der Waals surface area contributed by atoms with Gasteiger partial charge in [-0.2, -0.15) is 0 Å². The number of nitrogens with zero attached hydrogens (tertiary/aromatic N) is 4. The maximum absolute atomic E-state index is 4.89. The van der Waals surface area contributed by atoms with Gasteiger partial charge in [0.1, 0.15) is 5.65 Å². The van der Waals surface area contributed by atoms with E-state index in [2.05, 4.69) is 184 Å². The highest BCUT2D eigenvalue weighted by atomic mass is 15.2. The van der Waals surface area contributed by atoms with Gasteiger partial charge in [0.05, 0.1) is 33.6 Å². The Balaban J connectivity index is 1.30. The first kappa shape index (κ1) is 28.0. The third-order valence-electron chi connectivity index (χ3n) is 10.5. The lowest BCUT2D eigenvalue weighted by atomic mass is 9.91. The number of para-hydroxylation sites is 6. The number of hydrogen-bond acceptors (Lipinski definition) is 2. The second-order valence-electron chi connectivity index (χ2n) is 13.2. The van der Waals surface area contributed by atoms with Crippen molar-refractivity contribution in [1.29, 1.82) is 0 Å². The van der Waals surface area contributed by atoms with Gasteiger partial charge < -0.3 is 9.47 Å². The maximum atomic E-state index is 4.89. The third-order valence-corrected chi connectivity index (χ3v) is 10.5. The van der Waals surface area contributed by atoms with Crippen LogP contribution >= 0.6 is 0 Å². The van der Waals surface area contributed by atoms with Gasteiger partial charge in [-0.25, -0.2) is 4.98 Å². The normalized spacial score (nSPS) is 12.3. The lowest BCUT2D eigenvalue weighted by Crippen LogP contribution is -2.14. The van der Waals surface area contributed by atoms with Crippen LogP contribution in [0.1, 0.15) is 0 Å². The second-order valence-corrected chi connectivity index (χ2v) is 13.2. The first-order valence-electron chi connectivity index (χ1n) is 17.4. The van der Waals surface area contributed by atoms with Crippen molar-refractivity contribution in [3.05, 3.63) is 182 Å². The summed E-state index contributed by atoms with van der Waals surface area (Å²) in [4.78, 5) is 7.31. The molecule has 51 heavy (non-hydrogen) atoms. The number of rotatable bonds is 2. The standard InChI is InChI=1S/C47H30N4/c1-2-14-31(15-3-1)49-41-23-8-6-18-35(41)33-16-4-5-17-34(33)37-20-12-21-38-40-30-32(27-28-43(40)51(46(37)38)45-26-11-10-25-44(45)49)50-42-24-9-7-19-36(42)39-22-13-29-48-47(39)50/h1-30H. The number of pyridine rings is 1. The van der Waals surface area contributed by atoms with Crippen LogP contribution in [0.5, 0.6) is 0 Å². The van der Waals surface area contributed by atoms with E-state index in [4.69, 9.17) is 4.98 Å². The Morgan fingerprint density at radius 2 is 0.980 bits per heavy atom. The molecule has 4 heterocycles. The van der Waals surface area contributed by atoms with Gasteiger partial charge in [0, 0.05) is 50.2 Å². The van der Waals surface area contributed by atoms with Crippen molar-refractivity contribution in [3.63, 3.8) is 0 Å². The second kappa shape index (κ2) is 10.8. The quantitative estimate of drug-likeness (QED) is 0.186. The Labute approximate surface area is 294 Å². The van der Waals surface area contributed by atoms with Crippen molar-refractivity contribution < 1.29 is 0 Å². The molecule has 3 aromatic heterocycles. The Bertz CT molecular complexity index is 2930. The smallest absolute Gasteiger partial charge is 0.145 e. The molecule has 0 saturated heterocycles. The predicted molar refractivity (Wildman–Crippen MR) is 212 cm³/mol. The number of anilines is 3. The van der Waals surface area contributed by atoms with Crippen molar-refractivity contribution in [2.24, 2.45) is 0 Å². The van der Waals surface area contributed by atoms with Gasteiger partial charge in [-0.15, -0.1) is 0 Å². The molecule has 0 radical (unpaired) electrons. The molecule has 11 rings (SSSR count). The first-order chi connectivity index (χ1) is 25.3. The van der Waals surface area contributed by atoms with E-state index in [9.17, 15) is 0 Å². The molecule has 0 fully saturated rings. The van der Waals surface area contributed by atoms with Crippen LogP contribution in [-0.2, 0) is 0 Å². The molecule has 4 nitrogen and oxygen atoms in total. The summed E-state index contributed by atoms with van der Waals surface area (Å²) in [7, 11) is 0. The van der Waals surface area contributed by atoms with E-state index in [1.54, 1.807) is 0 Å². The fourth-order valence-electron chi connectivity index (χ4n) is 8.40. The van der Waals surface area contributed by atoms with E-state index in [1.807, 2.05) is 12.3 Å². The van der Waals surface area contributed by atoms with Crippen molar-refractivity contribution in [2.45, 2.75) is 0 Å². The molecule has 4 heteroatoms. The van der Waals surface area contributed by atoms with Crippen LogP contribution in [0.3, 0.4) is 0 Å². The van der Waals surface area contributed by atoms with Crippen molar-refractivity contribution >= 4 is 60.8 Å². The Morgan fingerprint density at radius 1 is 0.353 bits per heavy atom. The van der Waals surface area contributed by atoms with Crippen LogP contribution in [0.4, 0.5) is 17.1 Å². The minimum atomic E-state index is 0.962. The first-order valence-corrected chi connectivity index (χ1v) is 17.4. The highest BCUT2D eigenvalue weighted by molar-refractivity contribution is 6.17. The Hall–Kier alpha value is -6.91. The molecular formula is C47H30N4. The number of hydrogen-bond donors (Lipinski definition) is 0. The number of benzene rings is 7. The van der Waals surface area contributed by atoms with Gasteiger partial charge in [0.25, 0.3) is 0 Å². The molecular weight excluding hydrogens is 621 g/mol. The minimum absolute atomic E-state index is 0.962. The fraction of sp³-hybridized carbons (Fsp3) is 0. The van der Waals surface area contributed by atoms with Gasteiger partial charge in [-0.3, -0.25) is 4.57 Å². The van der Waals surface area contributed by atoms with Gasteiger partial charge in [-0.1, -0.05) is 109 Å². The molecule has 0 saturated carbocycles. The van der Waals surface area contributed by atoms with E-state index in [1.165, 1.54) is 43.9 Å². The molecule has 0 bridgehead atoms. The molecule has 0 spiro atoms. The third kappa shape index (κ3) is 3.99. The summed E-state index contributed by atoms with van der Waals surface area (Å²) >= 11 is 0. The minimum Gasteiger partial charge on any atom is -0.308 e. The van der Waals surface area contributed by atoms with Gasteiger partial charge in [-0.05, 0) is 77.9 Å². The number of fused-ring (bicyclic) bond motifs is 12. The zero-order chi connectivity index (χ0) is 33.5. The van der Waals surface area contributed by atoms with Crippen molar-refractivity contribution in [1.82, 2.24) is 14.1 Å². The summed E-state index contributed by atoms with van der Waals surface area (Å²) < 4.78 is 4.80. The average molecular weight is 651 g/mol. The Kier molecular flexibility index (Phi) is 5.92. The lowest BCUT2D eigenvalue weighted by molar-refractivity contribution is 1.13. The largest absolute Gasteiger partial charge is 0.308 e. The lowest BCUT2D eigenvalue weighted by Gasteiger charge is -2.31. The Morgan fingerprint density at radius 3 is 1.84 bits per heavy atom. The van der Waals surface area contributed by atoms with Crippen LogP contribution < -0.4 is 4.90 Å². The average Bonchev–Trinajstić information content (AvgIpc) is 3.71. The molecule has 0 atom stereocenters. The monoisotopic (exact) mass is 650 g/mol. The van der Waals surface area contributed by atoms with Crippen LogP contribution in [0.2, 0.25) is 0 Å². The van der Waals surface area contributed by atoms with Crippen LogP contribution in [0.15, 0.2) is 182 Å². The van der Waals surface area contributed by atoms with Crippen molar-refractivity contribution in [2.75, 3.05) is 4.90 Å². The van der Waals surface area contributed by atoms with Crippen LogP contribution in [0, 0.1) is 0 Å². The highest BCUT2D eigenvalue weighted by Crippen LogP contribution is 2.49. The van der Waals surface area contributed by atoms with Gasteiger partial charge in [0.15, 0.2) is 0 Å². The molecule has 7 aromatic carbocycles. The molecule has 1 aliphatic rings. The van der Waals surface area contributed by atoms with E-state index in [-0.39, 0.29) is 0 Å². The zero-order valence-electron chi connectivity index (χ0n) is 27.6. The SMILES string of the molecule is c1ccc(N2c3ccccc3-c3ccccc3-c3cccc4c5cc(-n6c7ccccc7c7cccnc76)ccc5n(c34)-c3ccccc32)cc1. The number of aromatic nitrogens is 3. The van der Waals surface area contributed by atoms with E-state index in [0.29, 0.717) is 0 Å². The fourth-order valence-corrected chi connectivity index (χ4v) is 8.40. The maximum Gasteiger partial charge on any atom is 0.145 e. The molecule has 0 aliphatic carbocycles. The molecule has 10 aromatic rings. The molecule has 1 aliphatic heterocycles. The zero-order valence-corrected chi connectivity index (χ0v) is 27.6. The summed E-state index contributed by atoms with van der Waals surface area (Å²) in [6.07, 6.45) is 1.89. The van der Waals surface area contributed by atoms with Crippen LogP contribution in [0.25, 0.3) is 77.4 Å². The van der Waals surface area contributed by atoms with Gasteiger partial charge >= 0.3 is 0 Å². The summed E-state index contributed by atoms with van der Waals surface area (Å²) in [5, 5.41) is 4.77. The summed E-state index contributed by atoms with van der Waals surface area (Å²) in [6.45, 7) is 0. The van der Waals surface area contributed by atoms with E-state index >= 15 is 0 Å². The molecule has 0 amide bonds. The topological polar surface area (TPSA) is 26.0 Å². The van der Waals surface area contributed by atoms with Crippen LogP contribution in [-0.4, -0.2) is 14.1 Å². The molecule has 0 N–H and O–H groups in total. The highest BCUT2D eigenvalue weighted by Gasteiger charge is 2.27. The van der Waals surface area contributed by atoms with E-state index in [0.717, 1.165) is 50.5 Å². The summed E-state index contributed by atoms with van der Waals surface area (Å²) in [6, 6.07) is 63.7. The predicted octanol–water partition coefficient (Wildman–Crippen LogP) is 12.4. The molecule has 238 valence electrons. The summed E-state index contributed by atoms with van der Waals surface area (Å²) in [5.41, 5.74) is 14.8.